The molecule has 0 unspecified atom stereocenters. The van der Waals surface area contributed by atoms with Crippen LogP contribution in [-0.4, -0.2) is 34.5 Å². The summed E-state index contributed by atoms with van der Waals surface area (Å²) < 4.78 is 5.79. The third kappa shape index (κ3) is 2.44. The molecule has 0 aromatic carbocycles. The second-order valence-electron chi connectivity index (χ2n) is 9.06. The molecule has 0 bridgehead atoms. The lowest BCUT2D eigenvalue weighted by molar-refractivity contribution is -0.148. The monoisotopic (exact) mass is 346 g/mol. The summed E-state index contributed by atoms with van der Waals surface area (Å²) in [6.07, 6.45) is 8.52. The van der Waals surface area contributed by atoms with E-state index in [1.807, 2.05) is 6.08 Å². The van der Waals surface area contributed by atoms with Crippen molar-refractivity contribution in [3.63, 3.8) is 0 Å². The molecule has 7 atom stereocenters. The highest BCUT2D eigenvalue weighted by atomic mass is 16.5. The van der Waals surface area contributed by atoms with Crippen molar-refractivity contribution >= 4 is 5.97 Å². The maximum Gasteiger partial charge on any atom is 0.303 e. The van der Waals surface area contributed by atoms with E-state index in [9.17, 15) is 15.0 Å². The van der Waals surface area contributed by atoms with Gasteiger partial charge in [0.1, 0.15) is 6.10 Å². The topological polar surface area (TPSA) is 66.8 Å². The van der Waals surface area contributed by atoms with E-state index in [0.717, 1.165) is 38.5 Å². The maximum atomic E-state index is 11.8. The van der Waals surface area contributed by atoms with Gasteiger partial charge >= 0.3 is 5.97 Å². The molecule has 0 saturated heterocycles. The predicted molar refractivity (Wildman–Crippen MR) is 94.6 cm³/mol. The molecule has 0 aliphatic heterocycles. The third-order valence-electron chi connectivity index (χ3n) is 7.76. The van der Waals surface area contributed by atoms with Gasteiger partial charge in [0.25, 0.3) is 0 Å². The van der Waals surface area contributed by atoms with Gasteiger partial charge in [-0.05, 0) is 61.3 Å². The molecule has 138 valence electrons. The summed E-state index contributed by atoms with van der Waals surface area (Å²) in [5, 5.41) is 20.7. The van der Waals surface area contributed by atoms with Gasteiger partial charge < -0.3 is 14.9 Å². The fourth-order valence-corrected chi connectivity index (χ4v) is 6.28. The van der Waals surface area contributed by atoms with Crippen molar-refractivity contribution in [2.75, 3.05) is 0 Å². The van der Waals surface area contributed by atoms with E-state index in [1.165, 1.54) is 18.1 Å². The van der Waals surface area contributed by atoms with Crippen LogP contribution in [-0.2, 0) is 9.53 Å². The first-order chi connectivity index (χ1) is 11.8. The van der Waals surface area contributed by atoms with Crippen molar-refractivity contribution in [2.24, 2.45) is 22.7 Å². The molecular formula is C21H30O4. The minimum absolute atomic E-state index is 0.00703. The highest BCUT2D eigenvalue weighted by molar-refractivity contribution is 5.66. The Hall–Kier alpha value is -1.13. The molecule has 2 fully saturated rings. The second-order valence-corrected chi connectivity index (χ2v) is 9.06. The highest BCUT2D eigenvalue weighted by Crippen LogP contribution is 2.62. The first-order valence-corrected chi connectivity index (χ1v) is 9.72. The van der Waals surface area contributed by atoms with Crippen molar-refractivity contribution in [3.8, 4) is 0 Å². The molecule has 0 heterocycles. The fraction of sp³-hybridized carbons (Fsp3) is 0.762. The summed E-state index contributed by atoms with van der Waals surface area (Å²) in [6, 6.07) is 0. The lowest BCUT2D eigenvalue weighted by Crippen LogP contribution is -2.51. The number of carbonyl (C=O) groups excluding carboxylic acids is 1. The molecule has 2 saturated carbocycles. The molecule has 0 radical (unpaired) electrons. The van der Waals surface area contributed by atoms with Gasteiger partial charge in [-0.3, -0.25) is 4.79 Å². The summed E-state index contributed by atoms with van der Waals surface area (Å²) in [6.45, 7) is 5.97. The van der Waals surface area contributed by atoms with Crippen molar-refractivity contribution in [3.05, 3.63) is 23.3 Å². The minimum atomic E-state index is -0.396. The van der Waals surface area contributed by atoms with Crippen LogP contribution in [0.5, 0.6) is 0 Å². The van der Waals surface area contributed by atoms with Crippen LogP contribution in [0.25, 0.3) is 0 Å². The van der Waals surface area contributed by atoms with Gasteiger partial charge in [-0.25, -0.2) is 0 Å². The summed E-state index contributed by atoms with van der Waals surface area (Å²) in [4.78, 5) is 11.8. The molecule has 4 heteroatoms. The lowest BCUT2D eigenvalue weighted by Gasteiger charge is -2.56. The Balaban J connectivity index is 1.84. The van der Waals surface area contributed by atoms with Crippen LogP contribution in [0.4, 0.5) is 0 Å². The van der Waals surface area contributed by atoms with Gasteiger partial charge in [0.2, 0.25) is 0 Å². The van der Waals surface area contributed by atoms with Crippen molar-refractivity contribution in [2.45, 2.75) is 77.6 Å². The largest absolute Gasteiger partial charge is 0.458 e. The summed E-state index contributed by atoms with van der Waals surface area (Å²) >= 11 is 0. The Kier molecular flexibility index (Phi) is 3.93. The smallest absolute Gasteiger partial charge is 0.303 e. The van der Waals surface area contributed by atoms with Crippen molar-refractivity contribution < 1.29 is 19.7 Å². The molecule has 25 heavy (non-hydrogen) atoms. The van der Waals surface area contributed by atoms with Gasteiger partial charge in [-0.2, -0.15) is 0 Å². The summed E-state index contributed by atoms with van der Waals surface area (Å²) in [5.41, 5.74) is 2.49. The molecule has 4 nitrogen and oxygen atoms in total. The molecule has 0 aromatic heterocycles. The number of esters is 1. The molecule has 2 N–H and O–H groups in total. The highest BCUT2D eigenvalue weighted by Gasteiger charge is 2.57. The van der Waals surface area contributed by atoms with E-state index in [-0.39, 0.29) is 29.0 Å². The summed E-state index contributed by atoms with van der Waals surface area (Å²) in [5.74, 6) is 0.424. The molecule has 0 spiro atoms. The van der Waals surface area contributed by atoms with Crippen LogP contribution in [0.2, 0.25) is 0 Å². The van der Waals surface area contributed by atoms with Crippen LogP contribution in [0, 0.1) is 22.7 Å². The van der Waals surface area contributed by atoms with E-state index in [1.54, 1.807) is 0 Å². The van der Waals surface area contributed by atoms with Gasteiger partial charge in [0.15, 0.2) is 0 Å². The number of ether oxygens (including phenoxy) is 1. The number of aliphatic hydroxyl groups excluding tert-OH is 2. The van der Waals surface area contributed by atoms with Crippen LogP contribution in [0.1, 0.15) is 59.3 Å². The van der Waals surface area contributed by atoms with Crippen LogP contribution < -0.4 is 0 Å². The van der Waals surface area contributed by atoms with Crippen molar-refractivity contribution in [1.82, 2.24) is 0 Å². The normalized spacial score (nSPS) is 48.6. The van der Waals surface area contributed by atoms with Crippen LogP contribution in [0.3, 0.4) is 0 Å². The maximum absolute atomic E-state index is 11.8. The zero-order valence-corrected chi connectivity index (χ0v) is 15.5. The van der Waals surface area contributed by atoms with E-state index in [2.05, 4.69) is 19.9 Å². The second kappa shape index (κ2) is 5.68. The number of fused-ring (bicyclic) bond motifs is 4. The third-order valence-corrected chi connectivity index (χ3v) is 7.76. The SMILES string of the molecule is CC(=O)O[C@H]1C[C@@H]2C[C@@H](O)C=C[C@]2(C)[C@H]2CC[C@@]3(C)C(=C12)CC[C@@H]3O. The number of hydrogen-bond donors (Lipinski definition) is 2. The zero-order chi connectivity index (χ0) is 18.0. The van der Waals surface area contributed by atoms with E-state index < -0.39 is 6.10 Å². The van der Waals surface area contributed by atoms with E-state index >= 15 is 0 Å². The van der Waals surface area contributed by atoms with Gasteiger partial charge in [-0.1, -0.05) is 31.6 Å². The number of rotatable bonds is 1. The molecule has 0 aromatic rings. The minimum Gasteiger partial charge on any atom is -0.458 e. The van der Waals surface area contributed by atoms with Crippen LogP contribution in [0.15, 0.2) is 23.3 Å². The molecule has 0 amide bonds. The molecule has 4 aliphatic rings. The van der Waals surface area contributed by atoms with Gasteiger partial charge in [0, 0.05) is 12.3 Å². The van der Waals surface area contributed by atoms with Crippen molar-refractivity contribution in [1.29, 1.82) is 0 Å². The summed E-state index contributed by atoms with van der Waals surface area (Å²) in [7, 11) is 0. The average Bonchev–Trinajstić information content (AvgIpc) is 2.84. The number of aliphatic hydroxyl groups is 2. The Morgan fingerprint density at radius 3 is 2.72 bits per heavy atom. The lowest BCUT2D eigenvalue weighted by atomic mass is 9.50. The Labute approximate surface area is 149 Å². The van der Waals surface area contributed by atoms with Crippen LogP contribution >= 0.6 is 0 Å². The predicted octanol–water partition coefficient (Wildman–Crippen LogP) is 3.13. The number of hydrogen-bond acceptors (Lipinski definition) is 4. The Morgan fingerprint density at radius 1 is 1.24 bits per heavy atom. The quantitative estimate of drug-likeness (QED) is 0.565. The van der Waals surface area contributed by atoms with E-state index in [0.29, 0.717) is 11.8 Å². The van der Waals surface area contributed by atoms with Gasteiger partial charge in [0.05, 0.1) is 12.2 Å². The first kappa shape index (κ1) is 17.3. The van der Waals surface area contributed by atoms with E-state index in [4.69, 9.17) is 4.74 Å². The van der Waals surface area contributed by atoms with Gasteiger partial charge in [-0.15, -0.1) is 0 Å². The number of carbonyl (C=O) groups is 1. The fourth-order valence-electron chi connectivity index (χ4n) is 6.28. The molecule has 4 rings (SSSR count). The Bertz CT molecular complexity index is 650. The zero-order valence-electron chi connectivity index (χ0n) is 15.5. The average molecular weight is 346 g/mol. The first-order valence-electron chi connectivity index (χ1n) is 9.72. The standard InChI is InChI=1S/C21H30O4/c1-12(22)25-17-11-13-10-14(23)6-8-20(13,2)16-7-9-21(3)15(19(16)17)4-5-18(21)24/h6,8,13-14,16-18,23-24H,4-5,7,9-11H2,1-3H3/t13-,14-,16-,17-,18-,20-,21-/m0/s1. The molecule has 4 aliphatic carbocycles. The Morgan fingerprint density at radius 2 is 2.00 bits per heavy atom. The molecular weight excluding hydrogens is 316 g/mol. The number of allylic oxidation sites excluding steroid dienone is 1.